The van der Waals surface area contributed by atoms with Gasteiger partial charge in [-0.05, 0) is 54.8 Å². The molecular formula is C22H26N2O3. The van der Waals surface area contributed by atoms with Crippen LogP contribution in [0.4, 0.5) is 5.69 Å². The maximum absolute atomic E-state index is 12.1. The maximum Gasteiger partial charge on any atom is 0.248 e. The summed E-state index contributed by atoms with van der Waals surface area (Å²) in [6.07, 6.45) is 4.34. The molecule has 0 heterocycles. The molecule has 0 radical (unpaired) electrons. The topological polar surface area (TPSA) is 58.6 Å². The van der Waals surface area contributed by atoms with Gasteiger partial charge in [0, 0.05) is 32.3 Å². The van der Waals surface area contributed by atoms with Crippen LogP contribution in [0.2, 0.25) is 0 Å². The van der Waals surface area contributed by atoms with Gasteiger partial charge in [-0.3, -0.25) is 9.59 Å². The van der Waals surface area contributed by atoms with Crippen LogP contribution in [0.1, 0.15) is 24.5 Å². The smallest absolute Gasteiger partial charge is 0.248 e. The van der Waals surface area contributed by atoms with E-state index in [4.69, 9.17) is 4.74 Å². The van der Waals surface area contributed by atoms with Crippen molar-refractivity contribution in [2.75, 3.05) is 26.0 Å². The zero-order valence-corrected chi connectivity index (χ0v) is 16.1. The molecule has 2 aromatic carbocycles. The first-order valence-electron chi connectivity index (χ1n) is 8.99. The molecule has 0 saturated heterocycles. The molecule has 0 saturated carbocycles. The first-order chi connectivity index (χ1) is 13.0. The summed E-state index contributed by atoms with van der Waals surface area (Å²) in [4.78, 5) is 25.4. The van der Waals surface area contributed by atoms with E-state index < -0.39 is 0 Å². The Kier molecular flexibility index (Phi) is 7.62. The van der Waals surface area contributed by atoms with Crippen molar-refractivity contribution in [2.45, 2.75) is 19.8 Å². The van der Waals surface area contributed by atoms with E-state index in [1.807, 2.05) is 55.5 Å². The van der Waals surface area contributed by atoms with E-state index in [9.17, 15) is 9.59 Å². The number of amides is 2. The molecule has 2 aromatic rings. The third-order valence-electron chi connectivity index (χ3n) is 3.94. The summed E-state index contributed by atoms with van der Waals surface area (Å²) in [7, 11) is 3.49. The summed E-state index contributed by atoms with van der Waals surface area (Å²) in [5.74, 6) is 0.691. The molecule has 2 rings (SSSR count). The van der Waals surface area contributed by atoms with E-state index >= 15 is 0 Å². The minimum absolute atomic E-state index is 0.0859. The van der Waals surface area contributed by atoms with E-state index in [0.717, 1.165) is 16.9 Å². The van der Waals surface area contributed by atoms with E-state index in [0.29, 0.717) is 25.1 Å². The van der Waals surface area contributed by atoms with E-state index in [1.54, 1.807) is 25.1 Å². The van der Waals surface area contributed by atoms with Gasteiger partial charge in [0.2, 0.25) is 11.8 Å². The molecule has 142 valence electrons. The lowest BCUT2D eigenvalue weighted by molar-refractivity contribution is -0.128. The Morgan fingerprint density at radius 3 is 2.52 bits per heavy atom. The van der Waals surface area contributed by atoms with Crippen molar-refractivity contribution >= 4 is 23.6 Å². The van der Waals surface area contributed by atoms with Crippen LogP contribution in [0.25, 0.3) is 6.08 Å². The Morgan fingerprint density at radius 1 is 1.11 bits per heavy atom. The fourth-order valence-electron chi connectivity index (χ4n) is 2.48. The van der Waals surface area contributed by atoms with Crippen molar-refractivity contribution in [1.82, 2.24) is 4.90 Å². The second kappa shape index (κ2) is 10.2. The van der Waals surface area contributed by atoms with Crippen molar-refractivity contribution < 1.29 is 14.3 Å². The highest BCUT2D eigenvalue weighted by atomic mass is 16.5. The molecule has 0 unspecified atom stereocenters. The molecule has 0 aliphatic rings. The zero-order chi connectivity index (χ0) is 19.6. The quantitative estimate of drug-likeness (QED) is 0.724. The largest absolute Gasteiger partial charge is 0.494 e. The number of benzene rings is 2. The average molecular weight is 366 g/mol. The predicted octanol–water partition coefficient (Wildman–Crippen LogP) is 3.76. The van der Waals surface area contributed by atoms with Gasteiger partial charge in [-0.2, -0.15) is 0 Å². The molecule has 0 aromatic heterocycles. The number of carbonyl (C=O) groups is 2. The van der Waals surface area contributed by atoms with Gasteiger partial charge in [0.15, 0.2) is 0 Å². The Bertz CT molecular complexity index is 795. The Balaban J connectivity index is 1.91. The van der Waals surface area contributed by atoms with Gasteiger partial charge in [0.25, 0.3) is 0 Å². The van der Waals surface area contributed by atoms with Gasteiger partial charge < -0.3 is 15.0 Å². The third kappa shape index (κ3) is 6.98. The third-order valence-corrected chi connectivity index (χ3v) is 3.94. The van der Waals surface area contributed by atoms with Gasteiger partial charge >= 0.3 is 0 Å². The number of hydrogen-bond acceptors (Lipinski definition) is 3. The summed E-state index contributed by atoms with van der Waals surface area (Å²) in [5, 5.41) is 2.85. The van der Waals surface area contributed by atoms with Crippen LogP contribution in [0, 0.1) is 0 Å². The van der Waals surface area contributed by atoms with Crippen LogP contribution < -0.4 is 10.1 Å². The van der Waals surface area contributed by atoms with Crippen molar-refractivity contribution in [3.63, 3.8) is 0 Å². The van der Waals surface area contributed by atoms with Crippen LogP contribution in [0.5, 0.6) is 5.75 Å². The molecule has 1 N–H and O–H groups in total. The van der Waals surface area contributed by atoms with E-state index in [1.165, 1.54) is 6.08 Å². The SMILES string of the molecule is CCOc1ccc(/C=C/C(=O)Nc2cccc(CCC(=O)N(C)C)c2)cc1. The Labute approximate surface area is 160 Å². The van der Waals surface area contributed by atoms with Crippen molar-refractivity contribution in [1.29, 1.82) is 0 Å². The van der Waals surface area contributed by atoms with E-state index in [2.05, 4.69) is 5.32 Å². The summed E-state index contributed by atoms with van der Waals surface area (Å²) >= 11 is 0. The number of rotatable bonds is 8. The van der Waals surface area contributed by atoms with E-state index in [-0.39, 0.29) is 11.8 Å². The fraction of sp³-hybridized carbons (Fsp3) is 0.273. The Morgan fingerprint density at radius 2 is 1.85 bits per heavy atom. The minimum Gasteiger partial charge on any atom is -0.494 e. The first-order valence-corrected chi connectivity index (χ1v) is 8.99. The summed E-state index contributed by atoms with van der Waals surface area (Å²) in [5.41, 5.74) is 2.65. The molecular weight excluding hydrogens is 340 g/mol. The molecule has 0 fully saturated rings. The number of anilines is 1. The molecule has 2 amide bonds. The van der Waals surface area contributed by atoms with Gasteiger partial charge in [-0.1, -0.05) is 24.3 Å². The first kappa shape index (κ1) is 20.2. The molecule has 0 bridgehead atoms. The minimum atomic E-state index is -0.203. The van der Waals surface area contributed by atoms with Crippen molar-refractivity contribution in [3.05, 3.63) is 65.7 Å². The second-order valence-electron chi connectivity index (χ2n) is 6.31. The number of carbonyl (C=O) groups excluding carboxylic acids is 2. The number of nitrogens with one attached hydrogen (secondary N) is 1. The van der Waals surface area contributed by atoms with Crippen LogP contribution in [0.3, 0.4) is 0 Å². The number of ether oxygens (including phenoxy) is 1. The number of nitrogens with zero attached hydrogens (tertiary/aromatic N) is 1. The molecule has 0 spiro atoms. The van der Waals surface area contributed by atoms with Crippen molar-refractivity contribution in [2.24, 2.45) is 0 Å². The highest BCUT2D eigenvalue weighted by Gasteiger charge is 2.05. The molecule has 27 heavy (non-hydrogen) atoms. The molecule has 0 aliphatic heterocycles. The lowest BCUT2D eigenvalue weighted by Gasteiger charge is -2.10. The standard InChI is InChI=1S/C22H26N2O3/c1-4-27-20-12-8-17(9-13-20)10-14-21(25)23-19-7-5-6-18(16-19)11-15-22(26)24(2)3/h5-10,12-14,16H,4,11,15H2,1-3H3,(H,23,25)/b14-10+. The summed E-state index contributed by atoms with van der Waals surface area (Å²) in [6, 6.07) is 15.1. The van der Waals surface area contributed by atoms with Crippen LogP contribution in [0.15, 0.2) is 54.6 Å². The van der Waals surface area contributed by atoms with Crippen LogP contribution >= 0.6 is 0 Å². The van der Waals surface area contributed by atoms with Crippen molar-refractivity contribution in [3.8, 4) is 5.75 Å². The highest BCUT2D eigenvalue weighted by molar-refractivity contribution is 6.01. The molecule has 5 heteroatoms. The molecule has 0 aliphatic carbocycles. The van der Waals surface area contributed by atoms with Gasteiger partial charge in [0.05, 0.1) is 6.61 Å². The van der Waals surface area contributed by atoms with Gasteiger partial charge in [-0.25, -0.2) is 0 Å². The highest BCUT2D eigenvalue weighted by Crippen LogP contribution is 2.15. The average Bonchev–Trinajstić information content (AvgIpc) is 2.66. The second-order valence-corrected chi connectivity index (χ2v) is 6.31. The van der Waals surface area contributed by atoms with Gasteiger partial charge in [-0.15, -0.1) is 0 Å². The number of aryl methyl sites for hydroxylation is 1. The predicted molar refractivity (Wildman–Crippen MR) is 109 cm³/mol. The van der Waals surface area contributed by atoms with Gasteiger partial charge in [0.1, 0.15) is 5.75 Å². The summed E-state index contributed by atoms with van der Waals surface area (Å²) in [6.45, 7) is 2.56. The molecule has 0 atom stereocenters. The Hall–Kier alpha value is -3.08. The maximum atomic E-state index is 12.1. The summed E-state index contributed by atoms with van der Waals surface area (Å²) < 4.78 is 5.40. The monoisotopic (exact) mass is 366 g/mol. The van der Waals surface area contributed by atoms with Crippen LogP contribution in [-0.4, -0.2) is 37.4 Å². The number of hydrogen-bond donors (Lipinski definition) is 1. The zero-order valence-electron chi connectivity index (χ0n) is 16.1. The lowest BCUT2D eigenvalue weighted by Crippen LogP contribution is -2.21. The lowest BCUT2D eigenvalue weighted by atomic mass is 10.1. The molecule has 5 nitrogen and oxygen atoms in total. The van der Waals surface area contributed by atoms with Crippen LogP contribution in [-0.2, 0) is 16.0 Å². The normalized spacial score (nSPS) is 10.6. The fourth-order valence-corrected chi connectivity index (χ4v) is 2.48.